The Bertz CT molecular complexity index is 1740. The first-order chi connectivity index (χ1) is 22.0. The van der Waals surface area contributed by atoms with Crippen LogP contribution < -0.4 is 9.62 Å². The maximum absolute atomic E-state index is 14.4. The number of nitro groups is 1. The summed E-state index contributed by atoms with van der Waals surface area (Å²) < 4.78 is 29.8. The Morgan fingerprint density at radius 1 is 0.848 bits per heavy atom. The summed E-state index contributed by atoms with van der Waals surface area (Å²) in [4.78, 5) is 40.3. The molecule has 0 aliphatic heterocycles. The largest absolute Gasteiger partial charge is 0.354 e. The van der Waals surface area contributed by atoms with E-state index in [0.29, 0.717) is 6.54 Å². The van der Waals surface area contributed by atoms with E-state index in [1.807, 2.05) is 68.4 Å². The lowest BCUT2D eigenvalue weighted by atomic mass is 10.0. The molecule has 0 aromatic heterocycles. The van der Waals surface area contributed by atoms with Crippen LogP contribution in [0.15, 0.2) is 119 Å². The minimum Gasteiger partial charge on any atom is -0.354 e. The number of benzene rings is 4. The maximum atomic E-state index is 14.4. The topological polar surface area (TPSA) is 130 Å². The Morgan fingerprint density at radius 2 is 1.43 bits per heavy atom. The van der Waals surface area contributed by atoms with E-state index in [2.05, 4.69) is 21.2 Å². The molecule has 0 spiro atoms. The van der Waals surface area contributed by atoms with Gasteiger partial charge in [-0.1, -0.05) is 90.4 Å². The average molecular weight is 708 g/mol. The van der Waals surface area contributed by atoms with Gasteiger partial charge in [-0.3, -0.25) is 24.0 Å². The number of anilines is 1. The van der Waals surface area contributed by atoms with Crippen molar-refractivity contribution in [3.63, 3.8) is 0 Å². The molecule has 2 amide bonds. The van der Waals surface area contributed by atoms with Crippen molar-refractivity contribution in [2.45, 2.75) is 37.8 Å². The molecule has 46 heavy (non-hydrogen) atoms. The number of nitrogens with one attached hydrogen (secondary N) is 1. The molecule has 0 saturated carbocycles. The second kappa shape index (κ2) is 15.6. The van der Waals surface area contributed by atoms with Gasteiger partial charge in [-0.2, -0.15) is 0 Å². The molecule has 4 aromatic rings. The third kappa shape index (κ3) is 9.01. The second-order valence-corrected chi connectivity index (χ2v) is 13.9. The van der Waals surface area contributed by atoms with Crippen molar-refractivity contribution in [2.75, 3.05) is 17.4 Å². The standard InChI is InChI=1S/C34H35BrN4O6S/c1-25(2)22-36-34(41)32(21-26-9-5-3-6-10-26)37(23-27-13-15-28(35)16-14-27)33(40)24-38(29-17-19-30(20-18-29)39(42)43)46(44,45)31-11-7-4-8-12-31/h3-20,25,32H,21-24H2,1-2H3,(H,36,41)/t32-/m0/s1. The summed E-state index contributed by atoms with van der Waals surface area (Å²) >= 11 is 3.43. The first kappa shape index (κ1) is 34.3. The molecule has 0 aliphatic rings. The zero-order chi connectivity index (χ0) is 33.3. The predicted molar refractivity (Wildman–Crippen MR) is 181 cm³/mol. The van der Waals surface area contributed by atoms with Gasteiger partial charge in [0.15, 0.2) is 0 Å². The molecule has 0 heterocycles. The molecular formula is C34H35BrN4O6S. The van der Waals surface area contributed by atoms with Gasteiger partial charge >= 0.3 is 0 Å². The summed E-state index contributed by atoms with van der Waals surface area (Å²) in [6.07, 6.45) is 0.190. The normalized spacial score (nSPS) is 11.9. The summed E-state index contributed by atoms with van der Waals surface area (Å²) in [5, 5.41) is 14.3. The van der Waals surface area contributed by atoms with E-state index in [0.717, 1.165) is 19.9 Å². The highest BCUT2D eigenvalue weighted by Gasteiger charge is 2.34. The maximum Gasteiger partial charge on any atom is 0.269 e. The summed E-state index contributed by atoms with van der Waals surface area (Å²) in [5.41, 5.74) is 1.40. The van der Waals surface area contributed by atoms with Gasteiger partial charge in [0.2, 0.25) is 11.8 Å². The van der Waals surface area contributed by atoms with E-state index in [-0.39, 0.29) is 41.1 Å². The summed E-state index contributed by atoms with van der Waals surface area (Å²) in [6.45, 7) is 3.69. The van der Waals surface area contributed by atoms with E-state index in [1.165, 1.54) is 41.3 Å². The Morgan fingerprint density at radius 3 is 2.00 bits per heavy atom. The van der Waals surface area contributed by atoms with Crippen LogP contribution in [0.3, 0.4) is 0 Å². The molecule has 0 unspecified atom stereocenters. The SMILES string of the molecule is CC(C)CNC(=O)[C@H](Cc1ccccc1)N(Cc1ccc(Br)cc1)C(=O)CN(c1ccc([N+](=O)[O-])cc1)S(=O)(=O)c1ccccc1. The molecule has 10 nitrogen and oxygen atoms in total. The average Bonchev–Trinajstić information content (AvgIpc) is 3.05. The highest BCUT2D eigenvalue weighted by atomic mass is 79.9. The van der Waals surface area contributed by atoms with Gasteiger partial charge in [-0.15, -0.1) is 0 Å². The first-order valence-electron chi connectivity index (χ1n) is 14.6. The Hall–Kier alpha value is -4.55. The van der Waals surface area contributed by atoms with E-state index in [4.69, 9.17) is 0 Å². The summed E-state index contributed by atoms with van der Waals surface area (Å²) in [6, 6.07) is 28.2. The Labute approximate surface area is 277 Å². The molecule has 0 aliphatic carbocycles. The molecule has 0 fully saturated rings. The number of non-ortho nitro benzene ring substituents is 1. The van der Waals surface area contributed by atoms with Gasteiger partial charge in [0, 0.05) is 36.1 Å². The van der Waals surface area contributed by atoms with Gasteiger partial charge in [0.05, 0.1) is 15.5 Å². The molecule has 12 heteroatoms. The fraction of sp³-hybridized carbons (Fsp3) is 0.235. The van der Waals surface area contributed by atoms with Gasteiger partial charge in [-0.25, -0.2) is 8.42 Å². The Balaban J connectivity index is 1.80. The lowest BCUT2D eigenvalue weighted by Gasteiger charge is -2.34. The molecule has 1 atom stereocenters. The molecule has 4 rings (SSSR count). The van der Waals surface area contributed by atoms with Crippen molar-refractivity contribution in [1.82, 2.24) is 10.2 Å². The second-order valence-electron chi connectivity index (χ2n) is 11.1. The van der Waals surface area contributed by atoms with E-state index < -0.39 is 33.4 Å². The molecule has 0 radical (unpaired) electrons. The van der Waals surface area contributed by atoms with Gasteiger partial charge in [0.25, 0.3) is 15.7 Å². The van der Waals surface area contributed by atoms with E-state index in [1.54, 1.807) is 18.2 Å². The monoisotopic (exact) mass is 706 g/mol. The molecule has 0 bridgehead atoms. The minimum absolute atomic E-state index is 0.0260. The molecule has 4 aromatic carbocycles. The fourth-order valence-corrected chi connectivity index (χ4v) is 6.45. The quantitative estimate of drug-likeness (QED) is 0.127. The number of rotatable bonds is 14. The van der Waals surface area contributed by atoms with Crippen molar-refractivity contribution in [1.29, 1.82) is 0 Å². The van der Waals surface area contributed by atoms with Crippen LogP contribution in [0, 0.1) is 16.0 Å². The van der Waals surface area contributed by atoms with Crippen molar-refractivity contribution in [3.8, 4) is 0 Å². The van der Waals surface area contributed by atoms with Crippen molar-refractivity contribution in [2.24, 2.45) is 5.92 Å². The number of hydrogen-bond donors (Lipinski definition) is 1. The van der Waals surface area contributed by atoms with Crippen LogP contribution in [-0.2, 0) is 32.6 Å². The lowest BCUT2D eigenvalue weighted by Crippen LogP contribution is -2.53. The minimum atomic E-state index is -4.31. The number of carbonyl (C=O) groups excluding carboxylic acids is 2. The highest BCUT2D eigenvalue weighted by Crippen LogP contribution is 2.27. The Kier molecular flexibility index (Phi) is 11.7. The molecular weight excluding hydrogens is 672 g/mol. The summed E-state index contributed by atoms with van der Waals surface area (Å²) in [7, 11) is -4.31. The van der Waals surface area contributed by atoms with E-state index >= 15 is 0 Å². The first-order valence-corrected chi connectivity index (χ1v) is 16.9. The van der Waals surface area contributed by atoms with E-state index in [9.17, 15) is 28.1 Å². The highest BCUT2D eigenvalue weighted by molar-refractivity contribution is 9.10. The smallest absolute Gasteiger partial charge is 0.269 e. The van der Waals surface area contributed by atoms with Crippen LogP contribution in [-0.4, -0.2) is 49.2 Å². The number of halogens is 1. The molecule has 240 valence electrons. The summed E-state index contributed by atoms with van der Waals surface area (Å²) in [5.74, 6) is -0.831. The van der Waals surface area contributed by atoms with Gasteiger partial charge < -0.3 is 10.2 Å². The number of nitro benzene ring substituents is 1. The predicted octanol–water partition coefficient (Wildman–Crippen LogP) is 5.96. The number of sulfonamides is 1. The van der Waals surface area contributed by atoms with Gasteiger partial charge in [-0.05, 0) is 53.4 Å². The van der Waals surface area contributed by atoms with Crippen LogP contribution in [0.1, 0.15) is 25.0 Å². The zero-order valence-electron chi connectivity index (χ0n) is 25.5. The van der Waals surface area contributed by atoms with Crippen molar-refractivity contribution >= 4 is 49.1 Å². The number of hydrogen-bond acceptors (Lipinski definition) is 6. The number of amides is 2. The zero-order valence-corrected chi connectivity index (χ0v) is 27.9. The van der Waals surface area contributed by atoms with Crippen molar-refractivity contribution in [3.05, 3.63) is 135 Å². The third-order valence-corrected chi connectivity index (χ3v) is 9.50. The van der Waals surface area contributed by atoms with Crippen LogP contribution in [0.25, 0.3) is 0 Å². The van der Waals surface area contributed by atoms with Gasteiger partial charge in [0.1, 0.15) is 12.6 Å². The number of nitrogens with zero attached hydrogens (tertiary/aromatic N) is 3. The van der Waals surface area contributed by atoms with Crippen LogP contribution in [0.2, 0.25) is 0 Å². The molecule has 0 saturated heterocycles. The van der Waals surface area contributed by atoms with Crippen LogP contribution in [0.4, 0.5) is 11.4 Å². The fourth-order valence-electron chi connectivity index (χ4n) is 4.75. The number of carbonyl (C=O) groups is 2. The van der Waals surface area contributed by atoms with Crippen LogP contribution >= 0.6 is 15.9 Å². The lowest BCUT2D eigenvalue weighted by molar-refractivity contribution is -0.384. The molecule has 1 N–H and O–H groups in total. The van der Waals surface area contributed by atoms with Crippen molar-refractivity contribution < 1.29 is 22.9 Å². The third-order valence-electron chi connectivity index (χ3n) is 7.18. The van der Waals surface area contributed by atoms with Crippen LogP contribution in [0.5, 0.6) is 0 Å².